The van der Waals surface area contributed by atoms with Crippen molar-refractivity contribution in [3.63, 3.8) is 0 Å². The van der Waals surface area contributed by atoms with Gasteiger partial charge in [0.05, 0.1) is 0 Å². The van der Waals surface area contributed by atoms with E-state index in [0.717, 1.165) is 30.4 Å². The standard InChI is InChI=1S/C23H38N4S/c1-17-8-10-20(11-9-17)27(16-18-7-6-12-24-15-18)21(28)25-19-13-22(2,3)26-23(4,5)14-19/h6-7,12,15,17,19-20,26H,8-11,13-14,16H2,1-5H3,(H,25,28). The quantitative estimate of drug-likeness (QED) is 0.718. The monoisotopic (exact) mass is 402 g/mol. The zero-order valence-corrected chi connectivity index (χ0v) is 19.1. The van der Waals surface area contributed by atoms with Crippen LogP contribution in [0.15, 0.2) is 24.5 Å². The van der Waals surface area contributed by atoms with E-state index in [0.29, 0.717) is 12.1 Å². The SMILES string of the molecule is CC1CCC(N(Cc2cccnc2)C(=S)NC2CC(C)(C)NC(C)(C)C2)CC1. The third kappa shape index (κ3) is 5.90. The minimum atomic E-state index is 0.115. The van der Waals surface area contributed by atoms with Crippen molar-refractivity contribution in [1.82, 2.24) is 20.5 Å². The van der Waals surface area contributed by atoms with Crippen molar-refractivity contribution in [3.8, 4) is 0 Å². The molecule has 1 saturated carbocycles. The van der Waals surface area contributed by atoms with Crippen LogP contribution in [-0.2, 0) is 6.54 Å². The molecule has 2 heterocycles. The van der Waals surface area contributed by atoms with Gasteiger partial charge in [-0.1, -0.05) is 13.0 Å². The highest BCUT2D eigenvalue weighted by Gasteiger charge is 2.38. The van der Waals surface area contributed by atoms with Gasteiger partial charge < -0.3 is 15.5 Å². The Balaban J connectivity index is 1.72. The van der Waals surface area contributed by atoms with Crippen molar-refractivity contribution in [3.05, 3.63) is 30.1 Å². The van der Waals surface area contributed by atoms with Crippen molar-refractivity contribution in [2.24, 2.45) is 5.92 Å². The normalized spacial score (nSPS) is 27.2. The second-order valence-corrected chi connectivity index (χ2v) is 10.7. The minimum absolute atomic E-state index is 0.115. The van der Waals surface area contributed by atoms with E-state index in [1.165, 1.54) is 31.2 Å². The Kier molecular flexibility index (Phi) is 6.65. The van der Waals surface area contributed by atoms with Gasteiger partial charge in [0.2, 0.25) is 0 Å². The predicted molar refractivity (Wildman–Crippen MR) is 121 cm³/mol. The number of hydrogen-bond donors (Lipinski definition) is 2. The number of pyridine rings is 1. The molecule has 1 aromatic rings. The van der Waals surface area contributed by atoms with Gasteiger partial charge in [0, 0.05) is 42.1 Å². The molecule has 4 nitrogen and oxygen atoms in total. The first-order chi connectivity index (χ1) is 13.1. The molecule has 2 N–H and O–H groups in total. The summed E-state index contributed by atoms with van der Waals surface area (Å²) in [6.45, 7) is 12.4. The summed E-state index contributed by atoms with van der Waals surface area (Å²) in [7, 11) is 0. The van der Waals surface area contributed by atoms with Crippen molar-refractivity contribution >= 4 is 17.3 Å². The molecule has 0 radical (unpaired) electrons. The van der Waals surface area contributed by atoms with Gasteiger partial charge in [-0.3, -0.25) is 4.98 Å². The molecule has 2 fully saturated rings. The molecule has 3 rings (SSSR count). The molecule has 5 heteroatoms. The summed E-state index contributed by atoms with van der Waals surface area (Å²) < 4.78 is 0. The Hall–Kier alpha value is -1.20. The predicted octanol–water partition coefficient (Wildman–Crippen LogP) is 4.65. The molecule has 0 atom stereocenters. The summed E-state index contributed by atoms with van der Waals surface area (Å²) in [5.41, 5.74) is 1.46. The second kappa shape index (κ2) is 8.66. The minimum Gasteiger partial charge on any atom is -0.360 e. The van der Waals surface area contributed by atoms with E-state index in [1.807, 2.05) is 18.5 Å². The van der Waals surface area contributed by atoms with E-state index in [9.17, 15) is 0 Å². The molecule has 2 aliphatic rings. The van der Waals surface area contributed by atoms with Gasteiger partial charge in [0.25, 0.3) is 0 Å². The van der Waals surface area contributed by atoms with Crippen molar-refractivity contribution in [2.45, 2.75) is 103 Å². The fraction of sp³-hybridized carbons (Fsp3) is 0.739. The average molecular weight is 403 g/mol. The van der Waals surface area contributed by atoms with Crippen molar-refractivity contribution < 1.29 is 0 Å². The van der Waals surface area contributed by atoms with E-state index in [1.54, 1.807) is 0 Å². The van der Waals surface area contributed by atoms with Gasteiger partial charge in [0.15, 0.2) is 5.11 Å². The number of piperidine rings is 1. The van der Waals surface area contributed by atoms with Crippen LogP contribution in [0.2, 0.25) is 0 Å². The van der Waals surface area contributed by atoms with E-state index in [2.05, 4.69) is 61.2 Å². The maximum Gasteiger partial charge on any atom is 0.169 e. The molecule has 0 bridgehead atoms. The molecule has 0 aromatic carbocycles. The summed E-state index contributed by atoms with van der Waals surface area (Å²) in [6.07, 6.45) is 11.0. The van der Waals surface area contributed by atoms with Crippen LogP contribution in [0.1, 0.15) is 78.7 Å². The van der Waals surface area contributed by atoms with Gasteiger partial charge in [-0.2, -0.15) is 0 Å². The summed E-state index contributed by atoms with van der Waals surface area (Å²) in [6, 6.07) is 5.10. The van der Waals surface area contributed by atoms with Crippen LogP contribution in [0, 0.1) is 5.92 Å². The molecular formula is C23H38N4S. The van der Waals surface area contributed by atoms with Crippen LogP contribution in [0.4, 0.5) is 0 Å². The van der Waals surface area contributed by atoms with Crippen LogP contribution >= 0.6 is 12.2 Å². The summed E-state index contributed by atoms with van der Waals surface area (Å²) in [4.78, 5) is 6.75. The molecule has 0 spiro atoms. The Morgan fingerprint density at radius 3 is 2.39 bits per heavy atom. The summed E-state index contributed by atoms with van der Waals surface area (Å²) in [5, 5.41) is 8.44. The molecule has 156 valence electrons. The summed E-state index contributed by atoms with van der Waals surface area (Å²) >= 11 is 5.99. The molecule has 1 aromatic heterocycles. The van der Waals surface area contributed by atoms with Gasteiger partial charge in [-0.15, -0.1) is 0 Å². The first kappa shape index (κ1) is 21.5. The number of nitrogens with one attached hydrogen (secondary N) is 2. The lowest BCUT2D eigenvalue weighted by atomic mass is 9.79. The van der Waals surface area contributed by atoms with Gasteiger partial charge in [-0.25, -0.2) is 0 Å². The lowest BCUT2D eigenvalue weighted by Crippen LogP contribution is -2.63. The zero-order valence-electron chi connectivity index (χ0n) is 18.3. The molecule has 1 aliphatic carbocycles. The first-order valence-corrected chi connectivity index (χ1v) is 11.3. The number of hydrogen-bond acceptors (Lipinski definition) is 3. The number of thiocarbonyl (C=S) groups is 1. The van der Waals surface area contributed by atoms with Crippen LogP contribution in [0.5, 0.6) is 0 Å². The van der Waals surface area contributed by atoms with Crippen LogP contribution in [-0.4, -0.2) is 38.2 Å². The van der Waals surface area contributed by atoms with E-state index in [4.69, 9.17) is 12.2 Å². The maximum atomic E-state index is 5.99. The highest BCUT2D eigenvalue weighted by molar-refractivity contribution is 7.80. The number of nitrogens with zero attached hydrogens (tertiary/aromatic N) is 2. The smallest absolute Gasteiger partial charge is 0.169 e. The van der Waals surface area contributed by atoms with E-state index in [-0.39, 0.29) is 11.1 Å². The Labute approximate surface area is 176 Å². The highest BCUT2D eigenvalue weighted by Crippen LogP contribution is 2.31. The molecule has 1 aliphatic heterocycles. The van der Waals surface area contributed by atoms with E-state index >= 15 is 0 Å². The fourth-order valence-electron chi connectivity index (χ4n) is 5.29. The van der Waals surface area contributed by atoms with Crippen molar-refractivity contribution in [2.75, 3.05) is 0 Å². The van der Waals surface area contributed by atoms with Crippen molar-refractivity contribution in [1.29, 1.82) is 0 Å². The Bertz CT molecular complexity index is 634. The molecule has 1 saturated heterocycles. The molecule has 0 unspecified atom stereocenters. The number of rotatable bonds is 4. The maximum absolute atomic E-state index is 5.99. The lowest BCUT2D eigenvalue weighted by Gasteiger charge is -2.48. The van der Waals surface area contributed by atoms with E-state index < -0.39 is 0 Å². The van der Waals surface area contributed by atoms with Crippen LogP contribution < -0.4 is 10.6 Å². The number of aromatic nitrogens is 1. The van der Waals surface area contributed by atoms with Crippen LogP contribution in [0.3, 0.4) is 0 Å². The van der Waals surface area contributed by atoms with Gasteiger partial charge in [-0.05, 0) is 96.0 Å². The molecular weight excluding hydrogens is 364 g/mol. The third-order valence-corrected chi connectivity index (χ3v) is 6.63. The fourth-order valence-corrected chi connectivity index (χ4v) is 5.67. The van der Waals surface area contributed by atoms with Gasteiger partial charge >= 0.3 is 0 Å². The topological polar surface area (TPSA) is 40.2 Å². The second-order valence-electron chi connectivity index (χ2n) is 10.4. The third-order valence-electron chi connectivity index (χ3n) is 6.28. The zero-order chi connectivity index (χ0) is 20.4. The molecule has 0 amide bonds. The summed E-state index contributed by atoms with van der Waals surface area (Å²) in [5.74, 6) is 0.837. The molecule has 28 heavy (non-hydrogen) atoms. The van der Waals surface area contributed by atoms with Gasteiger partial charge in [0.1, 0.15) is 0 Å². The van der Waals surface area contributed by atoms with Crippen LogP contribution in [0.25, 0.3) is 0 Å². The Morgan fingerprint density at radius 2 is 1.82 bits per heavy atom. The Morgan fingerprint density at radius 1 is 1.18 bits per heavy atom. The lowest BCUT2D eigenvalue weighted by molar-refractivity contribution is 0.149. The largest absolute Gasteiger partial charge is 0.360 e. The average Bonchev–Trinajstić information content (AvgIpc) is 2.58. The highest BCUT2D eigenvalue weighted by atomic mass is 32.1. The first-order valence-electron chi connectivity index (χ1n) is 10.9.